The van der Waals surface area contributed by atoms with Gasteiger partial charge in [0.2, 0.25) is 5.95 Å². The molecule has 0 radical (unpaired) electrons. The highest BCUT2D eigenvalue weighted by atomic mass is 19.4. The van der Waals surface area contributed by atoms with Crippen LogP contribution in [0.25, 0.3) is 0 Å². The van der Waals surface area contributed by atoms with Gasteiger partial charge in [-0.05, 0) is 74.5 Å². The number of alkyl halides is 3. The maximum absolute atomic E-state index is 12.3. The summed E-state index contributed by atoms with van der Waals surface area (Å²) in [7, 11) is 0. The molecular formula is C26H23F3N6O2. The molecule has 0 aliphatic rings. The fourth-order valence-corrected chi connectivity index (χ4v) is 3.27. The summed E-state index contributed by atoms with van der Waals surface area (Å²) in [6, 6.07) is 20.9. The summed E-state index contributed by atoms with van der Waals surface area (Å²) >= 11 is 0. The number of aromatic nitrogens is 2. The number of rotatable bonds is 7. The summed E-state index contributed by atoms with van der Waals surface area (Å²) < 4.78 is 40.6. The number of hydrogen-bond donors (Lipinski definition) is 4. The number of carbonyl (C=O) groups excluding carboxylic acids is 1. The van der Waals surface area contributed by atoms with E-state index in [9.17, 15) is 18.0 Å². The van der Waals surface area contributed by atoms with Crippen molar-refractivity contribution in [2.75, 3.05) is 21.3 Å². The number of benzene rings is 3. The Bertz CT molecular complexity index is 1360. The molecule has 3 aromatic carbocycles. The zero-order valence-corrected chi connectivity index (χ0v) is 19.9. The van der Waals surface area contributed by atoms with Gasteiger partial charge in [-0.2, -0.15) is 4.98 Å². The van der Waals surface area contributed by atoms with Crippen LogP contribution in [0.2, 0.25) is 0 Å². The van der Waals surface area contributed by atoms with E-state index in [4.69, 9.17) is 0 Å². The van der Waals surface area contributed by atoms with Crippen LogP contribution >= 0.6 is 0 Å². The molecule has 0 aliphatic carbocycles. The number of nitrogens with zero attached hydrogens (tertiary/aromatic N) is 2. The molecule has 11 heteroatoms. The lowest BCUT2D eigenvalue weighted by atomic mass is 10.2. The van der Waals surface area contributed by atoms with E-state index in [1.54, 1.807) is 24.3 Å². The number of carbonyl (C=O) groups is 1. The highest BCUT2D eigenvalue weighted by Gasteiger charge is 2.30. The van der Waals surface area contributed by atoms with Crippen molar-refractivity contribution in [3.63, 3.8) is 0 Å². The molecular weight excluding hydrogens is 485 g/mol. The Balaban J connectivity index is 1.33. The maximum Gasteiger partial charge on any atom is 0.573 e. The second-order valence-corrected chi connectivity index (χ2v) is 8.06. The Morgan fingerprint density at radius 1 is 0.730 bits per heavy atom. The van der Waals surface area contributed by atoms with Crippen LogP contribution < -0.4 is 26.0 Å². The molecule has 0 saturated heterocycles. The molecule has 0 unspecified atom stereocenters. The predicted octanol–water partition coefficient (Wildman–Crippen LogP) is 7.12. The predicted molar refractivity (Wildman–Crippen MR) is 137 cm³/mol. The molecule has 0 fully saturated rings. The van der Waals surface area contributed by atoms with Crippen LogP contribution in [0, 0.1) is 13.8 Å². The topological polar surface area (TPSA) is 100 Å². The molecule has 0 saturated carbocycles. The van der Waals surface area contributed by atoms with E-state index in [2.05, 4.69) is 36.0 Å². The number of amides is 2. The smallest absolute Gasteiger partial charge is 0.406 e. The quantitative estimate of drug-likeness (QED) is 0.212. The summed E-state index contributed by atoms with van der Waals surface area (Å²) in [6.07, 6.45) is -4.78. The second kappa shape index (κ2) is 10.9. The average molecular weight is 509 g/mol. The molecule has 8 nitrogen and oxygen atoms in total. The van der Waals surface area contributed by atoms with E-state index in [1.165, 1.54) is 12.1 Å². The minimum atomic E-state index is -4.78. The highest BCUT2D eigenvalue weighted by molar-refractivity contribution is 5.99. The fraction of sp³-hybridized carbons (Fsp3) is 0.115. The molecule has 0 spiro atoms. The van der Waals surface area contributed by atoms with Gasteiger partial charge in [0.25, 0.3) is 0 Å². The first-order valence-corrected chi connectivity index (χ1v) is 11.1. The summed E-state index contributed by atoms with van der Waals surface area (Å²) in [5, 5.41) is 11.6. The Morgan fingerprint density at radius 3 is 1.84 bits per heavy atom. The van der Waals surface area contributed by atoms with Crippen molar-refractivity contribution in [2.45, 2.75) is 20.2 Å². The van der Waals surface area contributed by atoms with Gasteiger partial charge in [0.15, 0.2) is 0 Å². The van der Waals surface area contributed by atoms with E-state index in [0.717, 1.165) is 29.1 Å². The van der Waals surface area contributed by atoms with Crippen LogP contribution in [0.4, 0.5) is 52.5 Å². The molecule has 2 amide bonds. The lowest BCUT2D eigenvalue weighted by Gasteiger charge is -2.12. The lowest BCUT2D eigenvalue weighted by molar-refractivity contribution is -0.274. The van der Waals surface area contributed by atoms with Gasteiger partial charge in [-0.3, -0.25) is 0 Å². The minimum Gasteiger partial charge on any atom is -0.406 e. The number of urea groups is 1. The van der Waals surface area contributed by atoms with E-state index in [-0.39, 0.29) is 5.75 Å². The van der Waals surface area contributed by atoms with Gasteiger partial charge in [-0.15, -0.1) is 13.2 Å². The van der Waals surface area contributed by atoms with Gasteiger partial charge in [0, 0.05) is 34.5 Å². The molecule has 4 rings (SSSR count). The van der Waals surface area contributed by atoms with Gasteiger partial charge in [0.05, 0.1) is 0 Å². The first-order valence-electron chi connectivity index (χ1n) is 11.1. The number of hydrogen-bond acceptors (Lipinski definition) is 6. The third kappa shape index (κ3) is 7.85. The van der Waals surface area contributed by atoms with Crippen LogP contribution in [-0.4, -0.2) is 22.4 Å². The SMILES string of the molecule is Cc1ccc(Nc2cc(C)nc(Nc3ccc(NC(=O)Nc4ccc(OC(F)(F)F)cc4)cc3)n2)cc1. The van der Waals surface area contributed by atoms with Crippen LogP contribution in [0.15, 0.2) is 78.9 Å². The molecule has 0 bridgehead atoms. The van der Waals surface area contributed by atoms with Crippen LogP contribution in [0.1, 0.15) is 11.3 Å². The van der Waals surface area contributed by atoms with Crippen molar-refractivity contribution in [1.29, 1.82) is 0 Å². The van der Waals surface area contributed by atoms with E-state index < -0.39 is 12.4 Å². The first kappa shape index (κ1) is 25.3. The van der Waals surface area contributed by atoms with Crippen molar-refractivity contribution < 1.29 is 22.7 Å². The monoisotopic (exact) mass is 508 g/mol. The number of ether oxygens (including phenoxy) is 1. The minimum absolute atomic E-state index is 0.303. The Kier molecular flexibility index (Phi) is 7.42. The highest BCUT2D eigenvalue weighted by Crippen LogP contribution is 2.24. The van der Waals surface area contributed by atoms with Gasteiger partial charge < -0.3 is 26.0 Å². The average Bonchev–Trinajstić information content (AvgIpc) is 2.82. The zero-order valence-electron chi connectivity index (χ0n) is 19.9. The normalized spacial score (nSPS) is 10.9. The summed E-state index contributed by atoms with van der Waals surface area (Å²) in [5.74, 6) is 0.676. The Hall–Kier alpha value is -4.80. The third-order valence-electron chi connectivity index (χ3n) is 4.92. The summed E-state index contributed by atoms with van der Waals surface area (Å²) in [5.41, 5.74) is 4.37. The van der Waals surface area contributed by atoms with Crippen molar-refractivity contribution in [3.05, 3.63) is 90.1 Å². The molecule has 0 atom stereocenters. The van der Waals surface area contributed by atoms with E-state index in [1.807, 2.05) is 44.2 Å². The van der Waals surface area contributed by atoms with Gasteiger partial charge >= 0.3 is 12.4 Å². The molecule has 1 aromatic heterocycles. The lowest BCUT2D eigenvalue weighted by Crippen LogP contribution is -2.19. The van der Waals surface area contributed by atoms with Crippen molar-refractivity contribution in [1.82, 2.24) is 9.97 Å². The van der Waals surface area contributed by atoms with Crippen molar-refractivity contribution in [3.8, 4) is 5.75 Å². The Morgan fingerprint density at radius 2 is 1.24 bits per heavy atom. The van der Waals surface area contributed by atoms with Gasteiger partial charge in [-0.25, -0.2) is 9.78 Å². The third-order valence-corrected chi connectivity index (χ3v) is 4.92. The van der Waals surface area contributed by atoms with E-state index >= 15 is 0 Å². The summed E-state index contributed by atoms with van der Waals surface area (Å²) in [6.45, 7) is 3.89. The number of halogens is 3. The van der Waals surface area contributed by atoms with Crippen LogP contribution in [0.5, 0.6) is 5.75 Å². The zero-order chi connectivity index (χ0) is 26.4. The van der Waals surface area contributed by atoms with Gasteiger partial charge in [-0.1, -0.05) is 17.7 Å². The van der Waals surface area contributed by atoms with Crippen molar-refractivity contribution in [2.24, 2.45) is 0 Å². The number of aryl methyl sites for hydroxylation is 2. The second-order valence-electron chi connectivity index (χ2n) is 8.06. The molecule has 1 heterocycles. The molecule has 4 N–H and O–H groups in total. The first-order chi connectivity index (χ1) is 17.6. The number of anilines is 6. The molecule has 37 heavy (non-hydrogen) atoms. The molecule has 0 aliphatic heterocycles. The fourth-order valence-electron chi connectivity index (χ4n) is 3.27. The van der Waals surface area contributed by atoms with Crippen LogP contribution in [-0.2, 0) is 0 Å². The molecule has 190 valence electrons. The number of nitrogens with one attached hydrogen (secondary N) is 4. The van der Waals surface area contributed by atoms with Crippen LogP contribution in [0.3, 0.4) is 0 Å². The van der Waals surface area contributed by atoms with Gasteiger partial charge in [0.1, 0.15) is 11.6 Å². The molecule has 4 aromatic rings. The summed E-state index contributed by atoms with van der Waals surface area (Å²) in [4.78, 5) is 21.2. The van der Waals surface area contributed by atoms with E-state index in [0.29, 0.717) is 28.8 Å². The maximum atomic E-state index is 12.3. The standard InChI is InChI=1S/C26H23F3N6O2/c1-16-3-5-18(6-4-16)31-23-15-17(2)30-24(35-23)32-19-7-9-20(10-8-19)33-25(36)34-21-11-13-22(14-12-21)37-26(27,28)29/h3-15H,1-2H3,(H2,33,34,36)(H2,30,31,32,35). The van der Waals surface area contributed by atoms with Crippen molar-refractivity contribution >= 4 is 40.5 Å². The largest absolute Gasteiger partial charge is 0.573 e. The Labute approximate surface area is 210 Å².